The molecule has 1 aliphatic heterocycles. The molecule has 0 aliphatic carbocycles. The van der Waals surface area contributed by atoms with Gasteiger partial charge in [-0.05, 0) is 51.8 Å². The van der Waals surface area contributed by atoms with Crippen LogP contribution in [0.1, 0.15) is 49.6 Å². The summed E-state index contributed by atoms with van der Waals surface area (Å²) in [5.74, 6) is 0.717. The molecule has 1 aliphatic rings. The minimum atomic E-state index is 0. The summed E-state index contributed by atoms with van der Waals surface area (Å²) in [6, 6.07) is 0. The second-order valence-corrected chi connectivity index (χ2v) is 4.65. The molecule has 3 nitrogen and oxygen atoms in total. The van der Waals surface area contributed by atoms with Crippen LogP contribution >= 0.6 is 24.8 Å². The minimum Gasteiger partial charge on any atom is -0.317 e. The van der Waals surface area contributed by atoms with Gasteiger partial charge >= 0.3 is 0 Å². The highest BCUT2D eigenvalue weighted by Gasteiger charge is 2.22. The molecule has 0 aromatic carbocycles. The van der Waals surface area contributed by atoms with Crippen LogP contribution in [0.2, 0.25) is 0 Å². The summed E-state index contributed by atoms with van der Waals surface area (Å²) >= 11 is 0. The summed E-state index contributed by atoms with van der Waals surface area (Å²) in [5.41, 5.74) is 4.23. The van der Waals surface area contributed by atoms with Gasteiger partial charge in [0.2, 0.25) is 0 Å². The van der Waals surface area contributed by atoms with E-state index in [9.17, 15) is 0 Å². The molecular weight excluding hydrogens is 269 g/mol. The number of nitrogens with zero attached hydrogens (tertiary/aromatic N) is 2. The molecule has 2 rings (SSSR count). The summed E-state index contributed by atoms with van der Waals surface area (Å²) in [5, 5.41) is 8.15. The topological polar surface area (TPSA) is 29.9 Å². The Morgan fingerprint density at radius 2 is 1.83 bits per heavy atom. The second-order valence-electron chi connectivity index (χ2n) is 4.65. The molecule has 5 heteroatoms. The maximum absolute atomic E-state index is 4.72. The monoisotopic (exact) mass is 293 g/mol. The highest BCUT2D eigenvalue weighted by Crippen LogP contribution is 2.29. The molecule has 1 N–H and O–H groups in total. The van der Waals surface area contributed by atoms with Crippen molar-refractivity contribution in [1.82, 2.24) is 15.1 Å². The fourth-order valence-electron chi connectivity index (χ4n) is 2.81. The van der Waals surface area contributed by atoms with Crippen molar-refractivity contribution < 1.29 is 0 Å². The van der Waals surface area contributed by atoms with E-state index in [4.69, 9.17) is 5.10 Å². The Labute approximate surface area is 123 Å². The number of hydrogen-bond donors (Lipinski definition) is 1. The van der Waals surface area contributed by atoms with E-state index in [0.717, 1.165) is 26.1 Å². The average molecular weight is 294 g/mol. The Hall–Kier alpha value is -0.250. The molecule has 1 aromatic rings. The molecule has 0 amide bonds. The van der Waals surface area contributed by atoms with Crippen molar-refractivity contribution in [3.8, 4) is 0 Å². The zero-order chi connectivity index (χ0) is 11.5. The van der Waals surface area contributed by atoms with Crippen molar-refractivity contribution >= 4 is 24.8 Å². The van der Waals surface area contributed by atoms with Crippen LogP contribution in [0.3, 0.4) is 0 Å². The average Bonchev–Trinajstić information content (AvgIpc) is 2.66. The SMILES string of the molecule is CCc1nn(CC)c(C2CCNCC2)c1C.Cl.Cl. The number of nitrogens with one attached hydrogen (secondary N) is 1. The largest absolute Gasteiger partial charge is 0.317 e. The van der Waals surface area contributed by atoms with Crippen LogP contribution in [0, 0.1) is 6.92 Å². The van der Waals surface area contributed by atoms with E-state index in [0.29, 0.717) is 5.92 Å². The lowest BCUT2D eigenvalue weighted by Gasteiger charge is -2.24. The summed E-state index contributed by atoms with van der Waals surface area (Å²) in [4.78, 5) is 0. The van der Waals surface area contributed by atoms with Crippen LogP contribution in [0.25, 0.3) is 0 Å². The number of piperidine rings is 1. The summed E-state index contributed by atoms with van der Waals surface area (Å²) < 4.78 is 2.23. The van der Waals surface area contributed by atoms with E-state index in [2.05, 4.69) is 30.8 Å². The number of rotatable bonds is 3. The summed E-state index contributed by atoms with van der Waals surface area (Å²) in [6.07, 6.45) is 3.57. The Balaban J connectivity index is 0.00000144. The van der Waals surface area contributed by atoms with Gasteiger partial charge in [0.05, 0.1) is 5.69 Å². The van der Waals surface area contributed by atoms with Gasteiger partial charge < -0.3 is 5.32 Å². The fourth-order valence-corrected chi connectivity index (χ4v) is 2.81. The van der Waals surface area contributed by atoms with Crippen LogP contribution in [-0.4, -0.2) is 22.9 Å². The first-order valence-electron chi connectivity index (χ1n) is 6.54. The van der Waals surface area contributed by atoms with Crippen LogP contribution in [0.5, 0.6) is 0 Å². The minimum absolute atomic E-state index is 0. The number of aryl methyl sites for hydroxylation is 2. The van der Waals surface area contributed by atoms with E-state index >= 15 is 0 Å². The van der Waals surface area contributed by atoms with Crippen LogP contribution < -0.4 is 5.32 Å². The predicted molar refractivity (Wildman–Crippen MR) is 81.4 cm³/mol. The Kier molecular flexibility index (Phi) is 7.92. The van der Waals surface area contributed by atoms with Gasteiger partial charge in [-0.1, -0.05) is 6.92 Å². The molecule has 0 spiro atoms. The van der Waals surface area contributed by atoms with Crippen molar-refractivity contribution in [1.29, 1.82) is 0 Å². The molecule has 0 unspecified atom stereocenters. The molecule has 18 heavy (non-hydrogen) atoms. The van der Waals surface area contributed by atoms with Gasteiger partial charge in [-0.3, -0.25) is 4.68 Å². The first kappa shape index (κ1) is 17.8. The highest BCUT2D eigenvalue weighted by molar-refractivity contribution is 5.85. The smallest absolute Gasteiger partial charge is 0.0654 e. The molecule has 1 aromatic heterocycles. The molecule has 1 fully saturated rings. The van der Waals surface area contributed by atoms with E-state index in [1.807, 2.05) is 0 Å². The van der Waals surface area contributed by atoms with Gasteiger partial charge in [-0.2, -0.15) is 5.10 Å². The zero-order valence-electron chi connectivity index (χ0n) is 11.5. The van der Waals surface area contributed by atoms with Gasteiger partial charge in [0.1, 0.15) is 0 Å². The lowest BCUT2D eigenvalue weighted by molar-refractivity contribution is 0.431. The van der Waals surface area contributed by atoms with Crippen molar-refractivity contribution in [2.24, 2.45) is 0 Å². The molecule has 0 bridgehead atoms. The Morgan fingerprint density at radius 3 is 2.33 bits per heavy atom. The molecule has 0 radical (unpaired) electrons. The van der Waals surface area contributed by atoms with Crippen molar-refractivity contribution in [2.45, 2.75) is 52.5 Å². The molecular formula is C13H25Cl2N3. The molecule has 106 valence electrons. The lowest BCUT2D eigenvalue weighted by atomic mass is 9.91. The zero-order valence-corrected chi connectivity index (χ0v) is 13.2. The summed E-state index contributed by atoms with van der Waals surface area (Å²) in [7, 11) is 0. The molecule has 2 heterocycles. The van der Waals surface area contributed by atoms with Gasteiger partial charge in [-0.25, -0.2) is 0 Å². The van der Waals surface area contributed by atoms with E-state index in [1.54, 1.807) is 0 Å². The first-order valence-corrected chi connectivity index (χ1v) is 6.54. The van der Waals surface area contributed by atoms with E-state index < -0.39 is 0 Å². The van der Waals surface area contributed by atoms with Crippen LogP contribution in [0.15, 0.2) is 0 Å². The van der Waals surface area contributed by atoms with E-state index in [1.165, 1.54) is 29.8 Å². The second kappa shape index (κ2) is 8.03. The fraction of sp³-hybridized carbons (Fsp3) is 0.769. The Morgan fingerprint density at radius 1 is 1.22 bits per heavy atom. The lowest BCUT2D eigenvalue weighted by Crippen LogP contribution is -2.28. The maximum atomic E-state index is 4.72. The van der Waals surface area contributed by atoms with Crippen LogP contribution in [0.4, 0.5) is 0 Å². The molecule has 0 saturated carbocycles. The summed E-state index contributed by atoms with van der Waals surface area (Å²) in [6.45, 7) is 9.94. The quantitative estimate of drug-likeness (QED) is 0.928. The number of aromatic nitrogens is 2. The number of hydrogen-bond acceptors (Lipinski definition) is 2. The van der Waals surface area contributed by atoms with Gasteiger partial charge in [-0.15, -0.1) is 24.8 Å². The van der Waals surface area contributed by atoms with E-state index in [-0.39, 0.29) is 24.8 Å². The third-order valence-electron chi connectivity index (χ3n) is 3.70. The normalized spacial score (nSPS) is 15.9. The third-order valence-corrected chi connectivity index (χ3v) is 3.70. The van der Waals surface area contributed by atoms with Crippen molar-refractivity contribution in [3.05, 3.63) is 17.0 Å². The highest BCUT2D eigenvalue weighted by atomic mass is 35.5. The standard InChI is InChI=1S/C13H23N3.2ClH/c1-4-12-10(3)13(16(5-2)15-12)11-6-8-14-9-7-11;;/h11,14H,4-9H2,1-3H3;2*1H. The van der Waals surface area contributed by atoms with Gasteiger partial charge in [0.25, 0.3) is 0 Å². The van der Waals surface area contributed by atoms with Crippen molar-refractivity contribution in [2.75, 3.05) is 13.1 Å². The first-order chi connectivity index (χ1) is 7.77. The van der Waals surface area contributed by atoms with Crippen molar-refractivity contribution in [3.63, 3.8) is 0 Å². The number of halogens is 2. The molecule has 0 atom stereocenters. The van der Waals surface area contributed by atoms with Gasteiger partial charge in [0, 0.05) is 18.2 Å². The van der Waals surface area contributed by atoms with Crippen LogP contribution in [-0.2, 0) is 13.0 Å². The predicted octanol–water partition coefficient (Wildman–Crippen LogP) is 3.08. The molecule has 1 saturated heterocycles. The third kappa shape index (κ3) is 3.40. The Bertz CT molecular complexity index is 357. The van der Waals surface area contributed by atoms with Gasteiger partial charge in [0.15, 0.2) is 0 Å². The maximum Gasteiger partial charge on any atom is 0.0654 e.